The van der Waals surface area contributed by atoms with Gasteiger partial charge in [-0.15, -0.1) is 11.3 Å². The summed E-state index contributed by atoms with van der Waals surface area (Å²) in [6.45, 7) is 2.00. The average Bonchev–Trinajstić information content (AvgIpc) is 2.59. The van der Waals surface area contributed by atoms with E-state index in [1.165, 1.54) is 11.3 Å². The smallest absolute Gasteiger partial charge is 0.0911 e. The molecule has 0 aromatic carbocycles. The molecule has 2 nitrogen and oxygen atoms in total. The molecule has 1 aromatic heterocycles. The lowest BCUT2D eigenvalue weighted by Gasteiger charge is -2.26. The van der Waals surface area contributed by atoms with E-state index in [0.717, 1.165) is 34.6 Å². The molecule has 1 aliphatic heterocycles. The highest BCUT2D eigenvalue weighted by Crippen LogP contribution is 2.39. The van der Waals surface area contributed by atoms with Gasteiger partial charge in [-0.3, -0.25) is 0 Å². The van der Waals surface area contributed by atoms with Crippen molar-refractivity contribution in [3.8, 4) is 0 Å². The van der Waals surface area contributed by atoms with Gasteiger partial charge in [-0.25, -0.2) is 0 Å². The van der Waals surface area contributed by atoms with Crippen molar-refractivity contribution in [2.24, 2.45) is 5.92 Å². The normalized spacial score (nSPS) is 20.5. The molecule has 2 N–H and O–H groups in total. The predicted molar refractivity (Wildman–Crippen MR) is 67.6 cm³/mol. The van der Waals surface area contributed by atoms with E-state index < -0.39 is 0 Å². The second-order valence-corrected chi connectivity index (χ2v) is 6.61. The van der Waals surface area contributed by atoms with E-state index >= 15 is 0 Å². The third-order valence-corrected chi connectivity index (χ3v) is 5.33. The summed E-state index contributed by atoms with van der Waals surface area (Å²) in [5.41, 5.74) is 0. The molecule has 1 aromatic rings. The summed E-state index contributed by atoms with van der Waals surface area (Å²) < 4.78 is 0.909. The standard InChI is InChI=1S/C10H13BrClNOS/c11-10-7(12)5-8(15-10)9(14)6-1-3-13-4-2-6/h5-6,9,13-14H,1-4H2. The number of aliphatic hydroxyl groups excluding tert-OH is 1. The Morgan fingerprint density at radius 3 is 2.73 bits per heavy atom. The Morgan fingerprint density at radius 2 is 2.20 bits per heavy atom. The molecule has 1 atom stereocenters. The van der Waals surface area contributed by atoms with Gasteiger partial charge in [0.2, 0.25) is 0 Å². The molecule has 0 bridgehead atoms. The number of nitrogens with one attached hydrogen (secondary N) is 1. The van der Waals surface area contributed by atoms with Gasteiger partial charge < -0.3 is 10.4 Å². The van der Waals surface area contributed by atoms with Gasteiger partial charge in [0, 0.05) is 4.88 Å². The first-order valence-corrected chi connectivity index (χ1v) is 7.00. The maximum absolute atomic E-state index is 10.2. The Morgan fingerprint density at radius 1 is 1.53 bits per heavy atom. The summed E-state index contributed by atoms with van der Waals surface area (Å²) in [5, 5.41) is 14.2. The Balaban J connectivity index is 2.08. The third-order valence-electron chi connectivity index (χ3n) is 2.79. The largest absolute Gasteiger partial charge is 0.387 e. The maximum atomic E-state index is 10.2. The first-order chi connectivity index (χ1) is 7.18. The summed E-state index contributed by atoms with van der Waals surface area (Å²) in [5.74, 6) is 0.368. The molecule has 0 spiro atoms. The van der Waals surface area contributed by atoms with E-state index in [4.69, 9.17) is 11.6 Å². The third kappa shape index (κ3) is 2.74. The summed E-state index contributed by atoms with van der Waals surface area (Å²) in [4.78, 5) is 0.971. The molecular weight excluding hydrogens is 298 g/mol. The van der Waals surface area contributed by atoms with Crippen molar-refractivity contribution in [1.82, 2.24) is 5.32 Å². The molecule has 2 rings (SSSR count). The van der Waals surface area contributed by atoms with Crippen LogP contribution in [0.2, 0.25) is 5.02 Å². The van der Waals surface area contributed by atoms with E-state index in [0.29, 0.717) is 10.9 Å². The van der Waals surface area contributed by atoms with Crippen LogP contribution in [0, 0.1) is 5.92 Å². The number of thiophene rings is 1. The molecule has 5 heteroatoms. The number of halogens is 2. The number of piperidine rings is 1. The van der Waals surface area contributed by atoms with Crippen LogP contribution < -0.4 is 5.32 Å². The van der Waals surface area contributed by atoms with Gasteiger partial charge >= 0.3 is 0 Å². The Kier molecular flexibility index (Phi) is 4.07. The van der Waals surface area contributed by atoms with Crippen LogP contribution in [0.3, 0.4) is 0 Å². The van der Waals surface area contributed by atoms with E-state index in [2.05, 4.69) is 21.2 Å². The topological polar surface area (TPSA) is 32.3 Å². The minimum atomic E-state index is -0.360. The lowest BCUT2D eigenvalue weighted by molar-refractivity contribution is 0.0920. The average molecular weight is 311 g/mol. The fraction of sp³-hybridized carbons (Fsp3) is 0.600. The minimum absolute atomic E-state index is 0.360. The maximum Gasteiger partial charge on any atom is 0.0911 e. The monoisotopic (exact) mass is 309 g/mol. The fourth-order valence-electron chi connectivity index (χ4n) is 1.90. The van der Waals surface area contributed by atoms with Crippen molar-refractivity contribution in [3.05, 3.63) is 19.8 Å². The van der Waals surface area contributed by atoms with Crippen LogP contribution in [-0.2, 0) is 0 Å². The first kappa shape index (κ1) is 11.9. The van der Waals surface area contributed by atoms with Crippen molar-refractivity contribution in [3.63, 3.8) is 0 Å². The van der Waals surface area contributed by atoms with Crippen molar-refractivity contribution in [1.29, 1.82) is 0 Å². The highest BCUT2D eigenvalue weighted by atomic mass is 79.9. The van der Waals surface area contributed by atoms with Gasteiger partial charge in [0.1, 0.15) is 0 Å². The molecule has 1 saturated heterocycles. The lowest BCUT2D eigenvalue weighted by Crippen LogP contribution is -2.30. The molecule has 1 fully saturated rings. The second-order valence-electron chi connectivity index (χ2n) is 3.80. The van der Waals surface area contributed by atoms with E-state index in [1.54, 1.807) is 0 Å². The number of rotatable bonds is 2. The van der Waals surface area contributed by atoms with Gasteiger partial charge in [0.25, 0.3) is 0 Å². The van der Waals surface area contributed by atoms with Crippen LogP contribution in [0.25, 0.3) is 0 Å². The van der Waals surface area contributed by atoms with Crippen molar-refractivity contribution >= 4 is 38.9 Å². The molecule has 1 aliphatic rings. The molecule has 84 valence electrons. The number of aliphatic hydroxyl groups is 1. The minimum Gasteiger partial charge on any atom is -0.387 e. The lowest BCUT2D eigenvalue weighted by atomic mass is 9.91. The zero-order chi connectivity index (χ0) is 10.8. The van der Waals surface area contributed by atoms with Crippen molar-refractivity contribution in [2.75, 3.05) is 13.1 Å². The Bertz CT molecular complexity index is 319. The van der Waals surface area contributed by atoms with Crippen LogP contribution in [0.1, 0.15) is 23.8 Å². The van der Waals surface area contributed by atoms with Gasteiger partial charge in [-0.1, -0.05) is 11.6 Å². The molecule has 1 unspecified atom stereocenters. The predicted octanol–water partition coefficient (Wildman–Crippen LogP) is 3.20. The van der Waals surface area contributed by atoms with Crippen LogP contribution in [0.15, 0.2) is 9.85 Å². The zero-order valence-corrected chi connectivity index (χ0v) is 11.3. The number of hydrogen-bond donors (Lipinski definition) is 2. The SMILES string of the molecule is OC(c1cc(Cl)c(Br)s1)C1CCNCC1. The van der Waals surface area contributed by atoms with Gasteiger partial charge in [-0.2, -0.15) is 0 Å². The highest BCUT2D eigenvalue weighted by molar-refractivity contribution is 9.11. The van der Waals surface area contributed by atoms with E-state index in [-0.39, 0.29) is 6.10 Å². The molecule has 0 aliphatic carbocycles. The second kappa shape index (κ2) is 5.15. The van der Waals surface area contributed by atoms with Gasteiger partial charge in [0.05, 0.1) is 14.9 Å². The Labute approximate surface area is 107 Å². The van der Waals surface area contributed by atoms with Gasteiger partial charge in [-0.05, 0) is 53.8 Å². The van der Waals surface area contributed by atoms with Crippen molar-refractivity contribution < 1.29 is 5.11 Å². The first-order valence-electron chi connectivity index (χ1n) is 5.02. The van der Waals surface area contributed by atoms with Crippen molar-refractivity contribution in [2.45, 2.75) is 18.9 Å². The quantitative estimate of drug-likeness (QED) is 0.879. The summed E-state index contributed by atoms with van der Waals surface area (Å²) >= 11 is 10.9. The van der Waals surface area contributed by atoms with E-state index in [1.807, 2.05) is 6.07 Å². The summed E-state index contributed by atoms with van der Waals surface area (Å²) in [6.07, 6.45) is 1.71. The summed E-state index contributed by atoms with van der Waals surface area (Å²) in [6, 6.07) is 1.86. The highest BCUT2D eigenvalue weighted by Gasteiger charge is 2.24. The van der Waals surface area contributed by atoms with E-state index in [9.17, 15) is 5.11 Å². The number of hydrogen-bond acceptors (Lipinski definition) is 3. The van der Waals surface area contributed by atoms with Crippen LogP contribution in [0.4, 0.5) is 0 Å². The van der Waals surface area contributed by atoms with Gasteiger partial charge in [0.15, 0.2) is 0 Å². The molecular formula is C10H13BrClNOS. The van der Waals surface area contributed by atoms with Crippen LogP contribution in [0.5, 0.6) is 0 Å². The molecule has 0 saturated carbocycles. The summed E-state index contributed by atoms with van der Waals surface area (Å²) in [7, 11) is 0. The van der Waals surface area contributed by atoms with Crippen LogP contribution >= 0.6 is 38.9 Å². The molecule has 0 radical (unpaired) electrons. The van der Waals surface area contributed by atoms with Crippen LogP contribution in [-0.4, -0.2) is 18.2 Å². The molecule has 0 amide bonds. The fourth-order valence-corrected chi connectivity index (χ4v) is 3.73. The zero-order valence-electron chi connectivity index (χ0n) is 8.17. The molecule has 2 heterocycles. The molecule has 15 heavy (non-hydrogen) atoms. The Hall–Kier alpha value is 0.390.